The fraction of sp³-hybridized carbons (Fsp3) is 0.444. The van der Waals surface area contributed by atoms with Crippen molar-refractivity contribution in [2.75, 3.05) is 31.3 Å². The first kappa shape index (κ1) is 18.4. The SMILES string of the molecule is CN(C(=O)c1ccn(C)n1)C1CCN(c2ccc(S(C)(=O)=O)cc2)CC1. The standard InChI is InChI=1S/C18H24N4O3S/c1-20-11-10-17(19-20)18(23)21(2)14-8-12-22(13-9-14)15-4-6-16(7-5-15)26(3,24)25/h4-7,10-11,14H,8-9,12-13H2,1-3H3. The van der Waals surface area contributed by atoms with Crippen molar-refractivity contribution in [2.24, 2.45) is 7.05 Å². The first-order valence-corrected chi connectivity index (χ1v) is 10.5. The third kappa shape index (κ3) is 3.90. The Morgan fingerprint density at radius 1 is 1.15 bits per heavy atom. The van der Waals surface area contributed by atoms with Gasteiger partial charge in [0.2, 0.25) is 0 Å². The lowest BCUT2D eigenvalue weighted by Crippen LogP contribution is -2.45. The number of carbonyl (C=O) groups is 1. The summed E-state index contributed by atoms with van der Waals surface area (Å²) in [6, 6.07) is 8.90. The molecule has 2 heterocycles. The lowest BCUT2D eigenvalue weighted by molar-refractivity contribution is 0.0702. The molecule has 1 fully saturated rings. The molecule has 0 unspecified atom stereocenters. The normalized spacial score (nSPS) is 15.9. The molecule has 1 amide bonds. The van der Waals surface area contributed by atoms with Crippen molar-refractivity contribution in [1.29, 1.82) is 0 Å². The van der Waals surface area contributed by atoms with E-state index < -0.39 is 9.84 Å². The molecule has 1 saturated heterocycles. The average Bonchev–Trinajstić information content (AvgIpc) is 3.06. The van der Waals surface area contributed by atoms with Gasteiger partial charge >= 0.3 is 0 Å². The number of hydrogen-bond donors (Lipinski definition) is 0. The summed E-state index contributed by atoms with van der Waals surface area (Å²) in [6.07, 6.45) is 4.71. The Morgan fingerprint density at radius 3 is 2.27 bits per heavy atom. The van der Waals surface area contributed by atoms with Crippen LogP contribution in [0.3, 0.4) is 0 Å². The minimum atomic E-state index is -3.17. The smallest absolute Gasteiger partial charge is 0.274 e. The quantitative estimate of drug-likeness (QED) is 0.810. The summed E-state index contributed by atoms with van der Waals surface area (Å²) < 4.78 is 24.8. The predicted octanol–water partition coefficient (Wildman–Crippen LogP) is 1.56. The van der Waals surface area contributed by atoms with Crippen molar-refractivity contribution < 1.29 is 13.2 Å². The maximum Gasteiger partial charge on any atom is 0.274 e. The molecule has 8 heteroatoms. The molecule has 0 spiro atoms. The van der Waals surface area contributed by atoms with Crippen LogP contribution in [0.4, 0.5) is 5.69 Å². The Bertz CT molecular complexity index is 881. The number of carbonyl (C=O) groups excluding carboxylic acids is 1. The van der Waals surface area contributed by atoms with Gasteiger partial charge in [-0.15, -0.1) is 0 Å². The highest BCUT2D eigenvalue weighted by Crippen LogP contribution is 2.24. The second-order valence-corrected chi connectivity index (χ2v) is 8.79. The van der Waals surface area contributed by atoms with Crippen LogP contribution in [0.15, 0.2) is 41.4 Å². The fourth-order valence-corrected chi connectivity index (χ4v) is 3.92. The van der Waals surface area contributed by atoms with Gasteiger partial charge in [0.25, 0.3) is 5.91 Å². The lowest BCUT2D eigenvalue weighted by Gasteiger charge is -2.37. The number of benzene rings is 1. The van der Waals surface area contributed by atoms with Crippen LogP contribution in [-0.2, 0) is 16.9 Å². The van der Waals surface area contributed by atoms with Crippen molar-refractivity contribution in [1.82, 2.24) is 14.7 Å². The van der Waals surface area contributed by atoms with Crippen LogP contribution in [-0.4, -0.2) is 61.4 Å². The van der Waals surface area contributed by atoms with Crippen molar-refractivity contribution in [2.45, 2.75) is 23.8 Å². The van der Waals surface area contributed by atoms with Gasteiger partial charge in [-0.05, 0) is 43.2 Å². The van der Waals surface area contributed by atoms with Crippen LogP contribution in [0.25, 0.3) is 0 Å². The van der Waals surface area contributed by atoms with E-state index in [2.05, 4.69) is 10.00 Å². The summed E-state index contributed by atoms with van der Waals surface area (Å²) >= 11 is 0. The minimum absolute atomic E-state index is 0.0541. The van der Waals surface area contributed by atoms with Crippen molar-refractivity contribution in [3.8, 4) is 0 Å². The Labute approximate surface area is 154 Å². The monoisotopic (exact) mass is 376 g/mol. The number of nitrogens with zero attached hydrogens (tertiary/aromatic N) is 4. The van der Waals surface area contributed by atoms with Gasteiger partial charge in [-0.25, -0.2) is 8.42 Å². The topological polar surface area (TPSA) is 75.5 Å². The second kappa shape index (κ2) is 7.11. The molecule has 0 bridgehead atoms. The van der Waals surface area contributed by atoms with Gasteiger partial charge < -0.3 is 9.80 Å². The van der Waals surface area contributed by atoms with E-state index in [0.717, 1.165) is 31.6 Å². The van der Waals surface area contributed by atoms with E-state index in [1.54, 1.807) is 41.0 Å². The Kier molecular flexibility index (Phi) is 5.04. The van der Waals surface area contributed by atoms with E-state index >= 15 is 0 Å². The third-order valence-corrected chi connectivity index (χ3v) is 6.02. The van der Waals surface area contributed by atoms with Crippen molar-refractivity contribution in [3.63, 3.8) is 0 Å². The van der Waals surface area contributed by atoms with Crippen LogP contribution < -0.4 is 4.90 Å². The van der Waals surface area contributed by atoms with Crippen molar-refractivity contribution in [3.05, 3.63) is 42.2 Å². The summed E-state index contributed by atoms with van der Waals surface area (Å²) in [4.78, 5) is 16.9. The molecule has 26 heavy (non-hydrogen) atoms. The van der Waals surface area contributed by atoms with Gasteiger partial charge in [-0.1, -0.05) is 0 Å². The molecule has 1 aliphatic heterocycles. The third-order valence-electron chi connectivity index (χ3n) is 4.90. The van der Waals surface area contributed by atoms with Gasteiger partial charge in [-0.2, -0.15) is 5.10 Å². The maximum absolute atomic E-state index is 12.5. The average molecular weight is 376 g/mol. The Morgan fingerprint density at radius 2 is 1.77 bits per heavy atom. The van der Waals surface area contributed by atoms with Crippen LogP contribution >= 0.6 is 0 Å². The van der Waals surface area contributed by atoms with E-state index in [4.69, 9.17) is 0 Å². The van der Waals surface area contributed by atoms with Gasteiger partial charge in [0, 0.05) is 51.4 Å². The van der Waals surface area contributed by atoms with E-state index in [1.165, 1.54) is 6.26 Å². The first-order valence-electron chi connectivity index (χ1n) is 8.57. The summed E-state index contributed by atoms with van der Waals surface area (Å²) in [7, 11) is 0.453. The molecule has 0 atom stereocenters. The molecule has 0 aliphatic carbocycles. The van der Waals surface area contributed by atoms with Crippen molar-refractivity contribution >= 4 is 21.4 Å². The molecule has 2 aromatic rings. The zero-order valence-electron chi connectivity index (χ0n) is 15.3. The highest BCUT2D eigenvalue weighted by Gasteiger charge is 2.27. The number of anilines is 1. The number of rotatable bonds is 4. The minimum Gasteiger partial charge on any atom is -0.371 e. The van der Waals surface area contributed by atoms with E-state index in [1.807, 2.05) is 19.2 Å². The van der Waals surface area contributed by atoms with E-state index in [-0.39, 0.29) is 11.9 Å². The second-order valence-electron chi connectivity index (χ2n) is 6.77. The largest absolute Gasteiger partial charge is 0.371 e. The molecule has 0 N–H and O–H groups in total. The number of hydrogen-bond acceptors (Lipinski definition) is 5. The molecule has 7 nitrogen and oxygen atoms in total. The number of sulfone groups is 1. The number of aryl methyl sites for hydroxylation is 1. The van der Waals surface area contributed by atoms with Gasteiger partial charge in [-0.3, -0.25) is 9.48 Å². The fourth-order valence-electron chi connectivity index (χ4n) is 3.29. The van der Waals surface area contributed by atoms with Gasteiger partial charge in [0.1, 0.15) is 5.69 Å². The maximum atomic E-state index is 12.5. The Balaban J connectivity index is 1.61. The number of amides is 1. The molecule has 1 aromatic heterocycles. The lowest BCUT2D eigenvalue weighted by atomic mass is 10.0. The molecular weight excluding hydrogens is 352 g/mol. The van der Waals surface area contributed by atoms with Gasteiger partial charge in [0.05, 0.1) is 4.90 Å². The molecule has 1 aliphatic rings. The molecular formula is C18H24N4O3S. The molecule has 140 valence electrons. The Hall–Kier alpha value is -2.35. The van der Waals surface area contributed by atoms with Gasteiger partial charge in [0.15, 0.2) is 9.84 Å². The van der Waals surface area contributed by atoms with Crippen LogP contribution in [0.2, 0.25) is 0 Å². The summed E-state index contributed by atoms with van der Waals surface area (Å²) in [5, 5.41) is 4.18. The van der Waals surface area contributed by atoms with Crippen LogP contribution in [0.1, 0.15) is 23.3 Å². The summed E-state index contributed by atoms with van der Waals surface area (Å²) in [5.74, 6) is -0.0541. The highest BCUT2D eigenvalue weighted by atomic mass is 32.2. The number of piperidine rings is 1. The first-order chi connectivity index (χ1) is 12.3. The van der Waals surface area contributed by atoms with E-state index in [9.17, 15) is 13.2 Å². The zero-order valence-corrected chi connectivity index (χ0v) is 16.1. The predicted molar refractivity (Wildman–Crippen MR) is 100 cm³/mol. The molecule has 0 radical (unpaired) electrons. The molecule has 3 rings (SSSR count). The van der Waals surface area contributed by atoms with Crippen LogP contribution in [0, 0.1) is 0 Å². The van der Waals surface area contributed by atoms with Crippen LogP contribution in [0.5, 0.6) is 0 Å². The number of aromatic nitrogens is 2. The zero-order chi connectivity index (χ0) is 18.9. The molecule has 1 aromatic carbocycles. The highest BCUT2D eigenvalue weighted by molar-refractivity contribution is 7.90. The summed E-state index contributed by atoms with van der Waals surface area (Å²) in [5.41, 5.74) is 1.48. The summed E-state index contributed by atoms with van der Waals surface area (Å²) in [6.45, 7) is 1.64. The molecule has 0 saturated carbocycles. The van der Waals surface area contributed by atoms with E-state index in [0.29, 0.717) is 10.6 Å².